The first kappa shape index (κ1) is 12.9. The number of rotatable bonds is 4. The fourth-order valence-corrected chi connectivity index (χ4v) is 3.35. The van der Waals surface area contributed by atoms with E-state index in [2.05, 4.69) is 32.1 Å². The summed E-state index contributed by atoms with van der Waals surface area (Å²) < 4.78 is 0. The molecule has 0 unspecified atom stereocenters. The summed E-state index contributed by atoms with van der Waals surface area (Å²) in [6, 6.07) is 0. The van der Waals surface area contributed by atoms with E-state index in [1.807, 2.05) is 0 Å². The molecular weight excluding hydrogens is 204 g/mol. The molecule has 0 aromatic carbocycles. The Labute approximate surface area is 107 Å². The predicted molar refractivity (Wildman–Crippen MR) is 76.0 cm³/mol. The minimum absolute atomic E-state index is 0.888. The van der Waals surface area contributed by atoms with Gasteiger partial charge >= 0.3 is 0 Å². The van der Waals surface area contributed by atoms with Gasteiger partial charge in [-0.05, 0) is 56.3 Å². The lowest BCUT2D eigenvalue weighted by molar-refractivity contribution is 0.271. The lowest BCUT2D eigenvalue weighted by Gasteiger charge is -2.31. The molecule has 96 valence electrons. The van der Waals surface area contributed by atoms with Gasteiger partial charge in [0.2, 0.25) is 0 Å². The molecule has 17 heavy (non-hydrogen) atoms. The molecule has 0 spiro atoms. The van der Waals surface area contributed by atoms with Crippen molar-refractivity contribution in [2.45, 2.75) is 65.2 Å². The van der Waals surface area contributed by atoms with E-state index in [4.69, 9.17) is 0 Å². The number of allylic oxidation sites excluding steroid dienone is 4. The molecule has 0 aliphatic heterocycles. The van der Waals surface area contributed by atoms with Gasteiger partial charge in [0.05, 0.1) is 0 Å². The summed E-state index contributed by atoms with van der Waals surface area (Å²) in [5, 5.41) is 0. The van der Waals surface area contributed by atoms with Crippen molar-refractivity contribution in [3.05, 3.63) is 23.8 Å². The largest absolute Gasteiger partial charge is 0.0842 e. The average molecular weight is 232 g/mol. The zero-order valence-corrected chi connectivity index (χ0v) is 11.6. The second-order valence-corrected chi connectivity index (χ2v) is 6.40. The van der Waals surface area contributed by atoms with Gasteiger partial charge in [0.1, 0.15) is 0 Å². The van der Waals surface area contributed by atoms with Gasteiger partial charge in [0.25, 0.3) is 0 Å². The highest BCUT2D eigenvalue weighted by Crippen LogP contribution is 2.37. The van der Waals surface area contributed by atoms with Crippen molar-refractivity contribution in [2.75, 3.05) is 0 Å². The van der Waals surface area contributed by atoms with Crippen molar-refractivity contribution < 1.29 is 0 Å². The third-order valence-electron chi connectivity index (χ3n) is 4.57. The standard InChI is InChI=1S/C17H28/c1-14(2)8-9-15-10-12-17(13-11-15)16-6-4-3-5-7-16/h3-4,6,14-15,17H,5,7-13H2,1-2H3. The third-order valence-corrected chi connectivity index (χ3v) is 4.57. The molecular formula is C17H28. The van der Waals surface area contributed by atoms with Crippen LogP contribution in [0.3, 0.4) is 0 Å². The van der Waals surface area contributed by atoms with Crippen LogP contribution in [0.1, 0.15) is 65.2 Å². The Balaban J connectivity index is 1.74. The van der Waals surface area contributed by atoms with Crippen LogP contribution in [-0.2, 0) is 0 Å². The van der Waals surface area contributed by atoms with Gasteiger partial charge in [-0.3, -0.25) is 0 Å². The first-order chi connectivity index (χ1) is 8.25. The van der Waals surface area contributed by atoms with Crippen LogP contribution in [0, 0.1) is 17.8 Å². The first-order valence-electron chi connectivity index (χ1n) is 7.61. The topological polar surface area (TPSA) is 0 Å². The van der Waals surface area contributed by atoms with Gasteiger partial charge in [-0.2, -0.15) is 0 Å². The molecule has 2 aliphatic rings. The van der Waals surface area contributed by atoms with Crippen LogP contribution in [0.2, 0.25) is 0 Å². The molecule has 0 saturated heterocycles. The van der Waals surface area contributed by atoms with Crippen LogP contribution in [0.4, 0.5) is 0 Å². The fraction of sp³-hybridized carbons (Fsp3) is 0.765. The van der Waals surface area contributed by atoms with Crippen LogP contribution in [0.25, 0.3) is 0 Å². The maximum absolute atomic E-state index is 2.39. The van der Waals surface area contributed by atoms with Crippen LogP contribution < -0.4 is 0 Å². The zero-order valence-electron chi connectivity index (χ0n) is 11.6. The van der Waals surface area contributed by atoms with E-state index >= 15 is 0 Å². The normalized spacial score (nSPS) is 29.5. The quantitative estimate of drug-likeness (QED) is 0.600. The van der Waals surface area contributed by atoms with Crippen molar-refractivity contribution in [3.8, 4) is 0 Å². The summed E-state index contributed by atoms with van der Waals surface area (Å²) in [7, 11) is 0. The Morgan fingerprint density at radius 2 is 1.94 bits per heavy atom. The highest BCUT2D eigenvalue weighted by Gasteiger charge is 2.23. The van der Waals surface area contributed by atoms with Crippen LogP contribution in [0.15, 0.2) is 23.8 Å². The van der Waals surface area contributed by atoms with E-state index in [-0.39, 0.29) is 0 Å². The van der Waals surface area contributed by atoms with Crippen molar-refractivity contribution in [2.24, 2.45) is 17.8 Å². The number of hydrogen-bond acceptors (Lipinski definition) is 0. The van der Waals surface area contributed by atoms with Gasteiger partial charge in [0, 0.05) is 0 Å². The van der Waals surface area contributed by atoms with E-state index in [1.54, 1.807) is 5.57 Å². The van der Waals surface area contributed by atoms with Gasteiger partial charge in [-0.15, -0.1) is 0 Å². The minimum Gasteiger partial charge on any atom is -0.0842 e. The summed E-state index contributed by atoms with van der Waals surface area (Å²) in [4.78, 5) is 0. The molecule has 0 radical (unpaired) electrons. The Kier molecular flexibility index (Phi) is 4.88. The maximum atomic E-state index is 2.39. The Bertz CT molecular complexity index is 274. The van der Waals surface area contributed by atoms with E-state index in [0.717, 1.165) is 17.8 Å². The second kappa shape index (κ2) is 6.42. The minimum atomic E-state index is 0.888. The molecule has 0 aromatic rings. The molecule has 0 bridgehead atoms. The Hall–Kier alpha value is -0.520. The third kappa shape index (κ3) is 4.01. The highest BCUT2D eigenvalue weighted by molar-refractivity contribution is 5.20. The summed E-state index contributed by atoms with van der Waals surface area (Å²) in [5.41, 5.74) is 1.75. The maximum Gasteiger partial charge on any atom is -0.0200 e. The SMILES string of the molecule is CC(C)CCC1CCC(C2=CC=CCC2)CC1. The molecule has 0 heterocycles. The van der Waals surface area contributed by atoms with E-state index in [1.165, 1.54) is 51.4 Å². The summed E-state index contributed by atoms with van der Waals surface area (Å²) in [6.07, 6.45) is 18.4. The molecule has 0 N–H and O–H groups in total. The lowest BCUT2D eigenvalue weighted by atomic mass is 9.75. The molecule has 0 atom stereocenters. The Morgan fingerprint density at radius 3 is 2.53 bits per heavy atom. The van der Waals surface area contributed by atoms with Gasteiger partial charge in [0.15, 0.2) is 0 Å². The Morgan fingerprint density at radius 1 is 1.18 bits per heavy atom. The molecule has 2 aliphatic carbocycles. The average Bonchev–Trinajstić information content (AvgIpc) is 2.38. The molecule has 2 rings (SSSR count). The van der Waals surface area contributed by atoms with Gasteiger partial charge < -0.3 is 0 Å². The van der Waals surface area contributed by atoms with Crippen LogP contribution in [-0.4, -0.2) is 0 Å². The highest BCUT2D eigenvalue weighted by atomic mass is 14.3. The summed E-state index contributed by atoms with van der Waals surface area (Å²) in [6.45, 7) is 4.70. The van der Waals surface area contributed by atoms with Gasteiger partial charge in [-0.25, -0.2) is 0 Å². The van der Waals surface area contributed by atoms with E-state index in [9.17, 15) is 0 Å². The molecule has 1 saturated carbocycles. The molecule has 1 fully saturated rings. The predicted octanol–water partition coefficient (Wildman–Crippen LogP) is 5.51. The summed E-state index contributed by atoms with van der Waals surface area (Å²) >= 11 is 0. The number of hydrogen-bond donors (Lipinski definition) is 0. The van der Waals surface area contributed by atoms with Crippen LogP contribution >= 0.6 is 0 Å². The summed E-state index contributed by atoms with van der Waals surface area (Å²) in [5.74, 6) is 2.85. The smallest absolute Gasteiger partial charge is 0.0200 e. The molecule has 0 nitrogen and oxygen atoms in total. The zero-order chi connectivity index (χ0) is 12.1. The molecule has 0 aromatic heterocycles. The second-order valence-electron chi connectivity index (χ2n) is 6.40. The first-order valence-corrected chi connectivity index (χ1v) is 7.61. The van der Waals surface area contributed by atoms with Gasteiger partial charge in [-0.1, -0.05) is 50.5 Å². The fourth-order valence-electron chi connectivity index (χ4n) is 3.35. The van der Waals surface area contributed by atoms with E-state index in [0.29, 0.717) is 0 Å². The molecule has 0 amide bonds. The van der Waals surface area contributed by atoms with Crippen LogP contribution in [0.5, 0.6) is 0 Å². The lowest BCUT2D eigenvalue weighted by Crippen LogP contribution is -2.17. The van der Waals surface area contributed by atoms with Crippen molar-refractivity contribution >= 4 is 0 Å². The monoisotopic (exact) mass is 232 g/mol. The van der Waals surface area contributed by atoms with Crippen molar-refractivity contribution in [3.63, 3.8) is 0 Å². The van der Waals surface area contributed by atoms with E-state index < -0.39 is 0 Å². The van der Waals surface area contributed by atoms with Crippen molar-refractivity contribution in [1.29, 1.82) is 0 Å². The van der Waals surface area contributed by atoms with Crippen molar-refractivity contribution in [1.82, 2.24) is 0 Å². The molecule has 0 heteroatoms.